The van der Waals surface area contributed by atoms with E-state index in [0.717, 1.165) is 21.9 Å². The third kappa shape index (κ3) is 2.51. The molecule has 0 amide bonds. The molecule has 0 aliphatic carbocycles. The molecule has 130 valence electrons. The van der Waals surface area contributed by atoms with Crippen molar-refractivity contribution in [2.45, 2.75) is 11.3 Å². The lowest BCUT2D eigenvalue weighted by atomic mass is 10.2. The van der Waals surface area contributed by atoms with Crippen LogP contribution < -0.4 is 5.32 Å². The summed E-state index contributed by atoms with van der Waals surface area (Å²) in [7, 11) is 1.89. The number of rotatable bonds is 3. The van der Waals surface area contributed by atoms with Gasteiger partial charge in [-0.15, -0.1) is 0 Å². The van der Waals surface area contributed by atoms with Crippen LogP contribution in [0.5, 0.6) is 0 Å². The van der Waals surface area contributed by atoms with Crippen LogP contribution in [-0.2, 0) is 7.05 Å². The third-order valence-electron chi connectivity index (χ3n) is 4.21. The van der Waals surface area contributed by atoms with Crippen molar-refractivity contribution in [1.82, 2.24) is 24.1 Å². The number of fused-ring (bicyclic) bond motifs is 2. The molecule has 1 N–H and O–H groups in total. The van der Waals surface area contributed by atoms with E-state index in [1.165, 1.54) is 6.34 Å². The second-order valence-corrected chi connectivity index (χ2v) is 7.49. The minimum atomic E-state index is -0.00192. The second kappa shape index (κ2) is 5.96. The summed E-state index contributed by atoms with van der Waals surface area (Å²) < 4.78 is 3.76. The van der Waals surface area contributed by atoms with Gasteiger partial charge in [0.15, 0.2) is 11.5 Å². The summed E-state index contributed by atoms with van der Waals surface area (Å²) >= 11 is 7.79. The first-order chi connectivity index (χ1) is 12.7. The summed E-state index contributed by atoms with van der Waals surface area (Å²) in [5, 5.41) is 9.11. The minimum absolute atomic E-state index is 0.00192. The van der Waals surface area contributed by atoms with Crippen molar-refractivity contribution >= 4 is 46.3 Å². The predicted molar refractivity (Wildman–Crippen MR) is 104 cm³/mol. The molecule has 5 heterocycles. The molecule has 0 saturated carbocycles. The molecule has 2 unspecified atom stereocenters. The summed E-state index contributed by atoms with van der Waals surface area (Å²) in [6, 6.07) is -0.00192. The lowest BCUT2D eigenvalue weighted by molar-refractivity contribution is 0.768. The topological polar surface area (TPSA) is 84.8 Å². The number of nitrogens with one attached hydrogen (secondary N) is 1. The van der Waals surface area contributed by atoms with Crippen LogP contribution in [0, 0.1) is 0 Å². The van der Waals surface area contributed by atoms with Gasteiger partial charge >= 0.3 is 0 Å². The number of aromatic nitrogens is 5. The van der Waals surface area contributed by atoms with Crippen LogP contribution in [0.3, 0.4) is 0 Å². The molecule has 0 bridgehead atoms. The fraction of sp³-hybridized carbons (Fsp3) is 0.188. The number of imidazole rings is 1. The van der Waals surface area contributed by atoms with Gasteiger partial charge in [-0.05, 0) is 6.08 Å². The summed E-state index contributed by atoms with van der Waals surface area (Å²) in [6.45, 7) is 0. The van der Waals surface area contributed by atoms with E-state index in [4.69, 9.17) is 11.6 Å². The molecule has 0 saturated heterocycles. The lowest BCUT2D eigenvalue weighted by Crippen LogP contribution is -2.25. The number of anilines is 1. The van der Waals surface area contributed by atoms with Gasteiger partial charge in [-0.3, -0.25) is 14.1 Å². The smallest absolute Gasteiger partial charge is 0.180 e. The van der Waals surface area contributed by atoms with Crippen molar-refractivity contribution in [2.75, 3.05) is 5.32 Å². The predicted octanol–water partition coefficient (Wildman–Crippen LogP) is 2.55. The third-order valence-corrected chi connectivity index (χ3v) is 5.92. The van der Waals surface area contributed by atoms with E-state index in [2.05, 4.69) is 30.4 Å². The van der Waals surface area contributed by atoms with Crippen molar-refractivity contribution in [3.05, 3.63) is 42.1 Å². The number of thioether (sulfide) groups is 1. The highest BCUT2D eigenvalue weighted by molar-refractivity contribution is 8.05. The Balaban J connectivity index is 1.48. The highest BCUT2D eigenvalue weighted by Crippen LogP contribution is 2.38. The Hall–Kier alpha value is -2.65. The fourth-order valence-electron chi connectivity index (χ4n) is 3.00. The molecule has 2 aliphatic rings. The Morgan fingerprint density at radius 1 is 1.27 bits per heavy atom. The molecular formula is C16H13ClN8S. The fourth-order valence-corrected chi connectivity index (χ4v) is 4.40. The first-order valence-electron chi connectivity index (χ1n) is 7.90. The highest BCUT2D eigenvalue weighted by atomic mass is 35.5. The van der Waals surface area contributed by atoms with E-state index >= 15 is 0 Å². The molecule has 3 aromatic rings. The molecule has 0 fully saturated rings. The minimum Gasteiger partial charge on any atom is -0.332 e. The Morgan fingerprint density at radius 2 is 2.19 bits per heavy atom. The molecule has 5 rings (SSSR count). The van der Waals surface area contributed by atoms with E-state index in [9.17, 15) is 0 Å². The van der Waals surface area contributed by atoms with Crippen LogP contribution in [0.15, 0.2) is 52.1 Å². The Morgan fingerprint density at radius 3 is 3.00 bits per heavy atom. The van der Waals surface area contributed by atoms with Crippen LogP contribution in [0.25, 0.3) is 16.9 Å². The van der Waals surface area contributed by atoms with Crippen LogP contribution in [0.1, 0.15) is 0 Å². The zero-order valence-corrected chi connectivity index (χ0v) is 15.2. The zero-order valence-electron chi connectivity index (χ0n) is 13.6. The summed E-state index contributed by atoms with van der Waals surface area (Å²) in [5.41, 5.74) is 2.70. The number of hydrogen-bond donors (Lipinski definition) is 1. The van der Waals surface area contributed by atoms with Crippen molar-refractivity contribution in [3.63, 3.8) is 0 Å². The van der Waals surface area contributed by atoms with Gasteiger partial charge in [0, 0.05) is 31.2 Å². The van der Waals surface area contributed by atoms with E-state index < -0.39 is 0 Å². The van der Waals surface area contributed by atoms with Gasteiger partial charge in [0.25, 0.3) is 0 Å². The number of hydrogen-bond acceptors (Lipinski definition) is 7. The number of nitrogens with zero attached hydrogens (tertiary/aromatic N) is 7. The summed E-state index contributed by atoms with van der Waals surface area (Å²) in [5.74, 6) is 0.678. The number of aryl methyl sites for hydroxylation is 1. The maximum absolute atomic E-state index is 6.19. The first kappa shape index (κ1) is 15.6. The van der Waals surface area contributed by atoms with E-state index in [0.29, 0.717) is 11.0 Å². The maximum atomic E-state index is 6.19. The molecule has 10 heteroatoms. The van der Waals surface area contributed by atoms with Gasteiger partial charge in [0.2, 0.25) is 0 Å². The Bertz CT molecular complexity index is 1090. The monoisotopic (exact) mass is 384 g/mol. The van der Waals surface area contributed by atoms with Crippen LogP contribution in [-0.4, -0.2) is 47.0 Å². The van der Waals surface area contributed by atoms with Gasteiger partial charge in [-0.25, -0.2) is 15.0 Å². The molecule has 2 aliphatic heterocycles. The standard InChI is InChI=1S/C16H13ClN8S/c1-24-7-9(5-22-24)11-6-19-16-15(18-2-3-25(11)16)23-12-4-10-13(26-12)14(17)21-8-20-10/h2-8,10,13H,1H3,(H,18,23). The molecule has 0 aromatic carbocycles. The average molecular weight is 385 g/mol. The SMILES string of the molecule is Cn1cc(-c2cnc3c(NC4=CC5N=CN=C(Cl)C5S4)nccn23)cn1. The average Bonchev–Trinajstić information content (AvgIpc) is 3.33. The summed E-state index contributed by atoms with van der Waals surface area (Å²) in [4.78, 5) is 17.4. The van der Waals surface area contributed by atoms with E-state index in [1.54, 1.807) is 22.6 Å². The van der Waals surface area contributed by atoms with Gasteiger partial charge in [0.05, 0.1) is 34.4 Å². The number of aliphatic imine (C=N–C) groups is 2. The van der Waals surface area contributed by atoms with Crippen molar-refractivity contribution < 1.29 is 0 Å². The van der Waals surface area contributed by atoms with Crippen LogP contribution in [0.4, 0.5) is 5.82 Å². The maximum Gasteiger partial charge on any atom is 0.180 e. The van der Waals surface area contributed by atoms with Gasteiger partial charge in [0.1, 0.15) is 11.5 Å². The van der Waals surface area contributed by atoms with Crippen LogP contribution in [0.2, 0.25) is 0 Å². The Kier molecular flexibility index (Phi) is 3.57. The zero-order chi connectivity index (χ0) is 17.7. The number of halogens is 1. The Labute approximate surface area is 157 Å². The van der Waals surface area contributed by atoms with E-state index in [-0.39, 0.29) is 11.3 Å². The molecule has 0 radical (unpaired) electrons. The van der Waals surface area contributed by atoms with Crippen LogP contribution >= 0.6 is 23.4 Å². The first-order valence-corrected chi connectivity index (χ1v) is 9.16. The molecular weight excluding hydrogens is 372 g/mol. The second-order valence-electron chi connectivity index (χ2n) is 5.92. The highest BCUT2D eigenvalue weighted by Gasteiger charge is 2.33. The normalized spacial score (nSPS) is 21.6. The van der Waals surface area contributed by atoms with E-state index in [1.807, 2.05) is 42.3 Å². The quantitative estimate of drug-likeness (QED) is 0.750. The van der Waals surface area contributed by atoms with Crippen molar-refractivity contribution in [2.24, 2.45) is 17.0 Å². The lowest BCUT2D eigenvalue weighted by Gasteiger charge is -2.15. The van der Waals surface area contributed by atoms with Gasteiger partial charge in [-0.2, -0.15) is 5.10 Å². The molecule has 26 heavy (non-hydrogen) atoms. The van der Waals surface area contributed by atoms with Gasteiger partial charge in [-0.1, -0.05) is 23.4 Å². The largest absolute Gasteiger partial charge is 0.332 e. The molecule has 8 nitrogen and oxygen atoms in total. The summed E-state index contributed by atoms with van der Waals surface area (Å²) in [6.07, 6.45) is 12.8. The van der Waals surface area contributed by atoms with Crippen molar-refractivity contribution in [1.29, 1.82) is 0 Å². The molecule has 3 aromatic heterocycles. The molecule has 0 spiro atoms. The van der Waals surface area contributed by atoms with Gasteiger partial charge < -0.3 is 5.32 Å². The molecule has 2 atom stereocenters. The van der Waals surface area contributed by atoms with Crippen molar-refractivity contribution in [3.8, 4) is 11.3 Å².